The van der Waals surface area contributed by atoms with Crippen molar-refractivity contribution in [2.45, 2.75) is 50.0 Å². The number of sulfonamides is 1. The second kappa shape index (κ2) is 4.76. The summed E-state index contributed by atoms with van der Waals surface area (Å²) in [5.74, 6) is 0. The molecule has 0 aliphatic heterocycles. The maximum atomic E-state index is 12.2. The van der Waals surface area contributed by atoms with E-state index in [1.807, 2.05) is 0 Å². The van der Waals surface area contributed by atoms with Gasteiger partial charge in [-0.2, -0.15) is 0 Å². The van der Waals surface area contributed by atoms with Crippen molar-refractivity contribution >= 4 is 33.0 Å². The van der Waals surface area contributed by atoms with Crippen molar-refractivity contribution in [1.82, 2.24) is 4.72 Å². The molecule has 1 aromatic heterocycles. The first-order valence-corrected chi connectivity index (χ1v) is 8.07. The van der Waals surface area contributed by atoms with E-state index >= 15 is 0 Å². The summed E-state index contributed by atoms with van der Waals surface area (Å²) in [4.78, 5) is 0. The minimum atomic E-state index is -3.68. The highest BCUT2D eigenvalue weighted by atomic mass is 35.5. The number of nitrogens with one attached hydrogen (secondary N) is 1. The van der Waals surface area contributed by atoms with Gasteiger partial charge in [-0.3, -0.25) is 0 Å². The molecule has 0 radical (unpaired) electrons. The van der Waals surface area contributed by atoms with Gasteiger partial charge in [-0.25, -0.2) is 13.1 Å². The lowest BCUT2D eigenvalue weighted by atomic mass is 9.87. The Morgan fingerprint density at radius 2 is 1.83 bits per heavy atom. The molecule has 0 atom stereocenters. The van der Waals surface area contributed by atoms with Gasteiger partial charge in [0.15, 0.2) is 0 Å². The van der Waals surface area contributed by atoms with Gasteiger partial charge in [-0.05, 0) is 46.2 Å². The van der Waals surface area contributed by atoms with E-state index in [1.54, 1.807) is 34.6 Å². The minimum absolute atomic E-state index is 0.155. The van der Waals surface area contributed by atoms with Crippen LogP contribution in [0.25, 0.3) is 0 Å². The van der Waals surface area contributed by atoms with Crippen LogP contribution in [-0.2, 0) is 10.0 Å². The highest BCUT2D eigenvalue weighted by Crippen LogP contribution is 2.31. The Bertz CT molecular complexity index is 522. The minimum Gasteiger partial charge on any atom is -0.389 e. The third kappa shape index (κ3) is 3.24. The highest BCUT2D eigenvalue weighted by Gasteiger charge is 2.39. The fourth-order valence-corrected chi connectivity index (χ4v) is 4.32. The predicted octanol–water partition coefficient (Wildman–Crippen LogP) is 2.54. The Kier molecular flexibility index (Phi) is 4.21. The van der Waals surface area contributed by atoms with Crippen LogP contribution in [-0.4, -0.2) is 24.7 Å². The fraction of sp³-hybridized carbons (Fsp3) is 0.636. The van der Waals surface area contributed by atoms with E-state index in [-0.39, 0.29) is 4.21 Å². The smallest absolute Gasteiger partial charge is 0.250 e. The second-order valence-corrected chi connectivity index (χ2v) is 8.88. The Labute approximate surface area is 117 Å². The van der Waals surface area contributed by atoms with Crippen LogP contribution in [0.2, 0.25) is 4.34 Å². The molecule has 0 saturated carbocycles. The average Bonchev–Trinajstić information content (AvgIpc) is 2.43. The Balaban J connectivity index is 3.10. The van der Waals surface area contributed by atoms with Crippen LogP contribution in [0.15, 0.2) is 10.3 Å². The lowest BCUT2D eigenvalue weighted by molar-refractivity contribution is 0.00641. The molecule has 18 heavy (non-hydrogen) atoms. The summed E-state index contributed by atoms with van der Waals surface area (Å²) in [6, 6.07) is 1.52. The Morgan fingerprint density at radius 3 is 2.17 bits per heavy atom. The van der Waals surface area contributed by atoms with E-state index in [9.17, 15) is 13.5 Å². The topological polar surface area (TPSA) is 66.4 Å². The van der Waals surface area contributed by atoms with Crippen molar-refractivity contribution in [1.29, 1.82) is 0 Å². The van der Waals surface area contributed by atoms with E-state index in [4.69, 9.17) is 11.6 Å². The molecular formula is C11H18ClNO3S2. The third-order valence-electron chi connectivity index (χ3n) is 3.02. The van der Waals surface area contributed by atoms with E-state index in [1.165, 1.54) is 6.07 Å². The maximum absolute atomic E-state index is 12.2. The quantitative estimate of drug-likeness (QED) is 0.898. The zero-order chi connectivity index (χ0) is 14.4. The van der Waals surface area contributed by atoms with Crippen LogP contribution < -0.4 is 4.72 Å². The zero-order valence-corrected chi connectivity index (χ0v) is 13.4. The van der Waals surface area contributed by atoms with Gasteiger partial charge in [-0.15, -0.1) is 11.3 Å². The molecule has 4 nitrogen and oxygen atoms in total. The van der Waals surface area contributed by atoms with Gasteiger partial charge in [0, 0.05) is 0 Å². The summed E-state index contributed by atoms with van der Waals surface area (Å²) >= 11 is 6.88. The molecule has 0 saturated heterocycles. The Morgan fingerprint density at radius 1 is 1.33 bits per heavy atom. The van der Waals surface area contributed by atoms with Gasteiger partial charge in [0.05, 0.1) is 15.5 Å². The van der Waals surface area contributed by atoms with Crippen molar-refractivity contribution in [3.8, 4) is 0 Å². The summed E-state index contributed by atoms with van der Waals surface area (Å²) in [6.07, 6.45) is 0. The Hall–Kier alpha value is -0.140. The van der Waals surface area contributed by atoms with E-state index in [2.05, 4.69) is 4.72 Å². The summed E-state index contributed by atoms with van der Waals surface area (Å²) in [5.41, 5.74) is -1.45. The lowest BCUT2D eigenvalue weighted by Gasteiger charge is -2.37. The number of rotatable bonds is 4. The van der Waals surface area contributed by atoms with Gasteiger partial charge >= 0.3 is 0 Å². The van der Waals surface area contributed by atoms with Crippen molar-refractivity contribution < 1.29 is 13.5 Å². The fourth-order valence-electron chi connectivity index (χ4n) is 1.08. The van der Waals surface area contributed by atoms with Gasteiger partial charge in [0.25, 0.3) is 10.0 Å². The molecule has 0 aromatic carbocycles. The summed E-state index contributed by atoms with van der Waals surface area (Å²) in [7, 11) is -3.68. The van der Waals surface area contributed by atoms with E-state index in [0.29, 0.717) is 4.34 Å². The molecular weight excluding hydrogens is 294 g/mol. The average molecular weight is 312 g/mol. The van der Waals surface area contributed by atoms with Crippen LogP contribution in [0, 0.1) is 6.92 Å². The molecule has 7 heteroatoms. The first-order valence-electron chi connectivity index (χ1n) is 5.39. The molecule has 0 fully saturated rings. The zero-order valence-electron chi connectivity index (χ0n) is 11.0. The van der Waals surface area contributed by atoms with Gasteiger partial charge in [-0.1, -0.05) is 11.6 Å². The van der Waals surface area contributed by atoms with Crippen molar-refractivity contribution in [2.24, 2.45) is 0 Å². The predicted molar refractivity (Wildman–Crippen MR) is 74.8 cm³/mol. The van der Waals surface area contributed by atoms with Crippen molar-refractivity contribution in [3.63, 3.8) is 0 Å². The first kappa shape index (κ1) is 15.9. The van der Waals surface area contributed by atoms with Crippen molar-refractivity contribution in [2.75, 3.05) is 0 Å². The lowest BCUT2D eigenvalue weighted by Crippen LogP contribution is -2.57. The van der Waals surface area contributed by atoms with Crippen LogP contribution in [0.5, 0.6) is 0 Å². The molecule has 1 rings (SSSR count). The van der Waals surface area contributed by atoms with Crippen LogP contribution in [0.3, 0.4) is 0 Å². The SMILES string of the molecule is Cc1cc(S(=O)(=O)NC(C)(C)C(C)(C)O)sc1Cl. The van der Waals surface area contributed by atoms with Crippen molar-refractivity contribution in [3.05, 3.63) is 16.0 Å². The molecule has 104 valence electrons. The molecule has 1 aromatic rings. The normalized spacial score (nSPS) is 13.9. The number of thiophene rings is 1. The van der Waals surface area contributed by atoms with Crippen LogP contribution >= 0.6 is 22.9 Å². The summed E-state index contributed by atoms with van der Waals surface area (Å²) in [6.45, 7) is 8.13. The molecule has 1 heterocycles. The van der Waals surface area contributed by atoms with Gasteiger partial charge in [0.2, 0.25) is 0 Å². The molecule has 0 spiro atoms. The maximum Gasteiger partial charge on any atom is 0.250 e. The number of aryl methyl sites for hydroxylation is 1. The number of hydrogen-bond donors (Lipinski definition) is 2. The van der Waals surface area contributed by atoms with Gasteiger partial charge < -0.3 is 5.11 Å². The number of hydrogen-bond acceptors (Lipinski definition) is 4. The summed E-state index contributed by atoms with van der Waals surface area (Å²) < 4.78 is 27.5. The molecule has 0 amide bonds. The van der Waals surface area contributed by atoms with Crippen LogP contribution in [0.1, 0.15) is 33.3 Å². The van der Waals surface area contributed by atoms with Crippen LogP contribution in [0.4, 0.5) is 0 Å². The summed E-state index contributed by atoms with van der Waals surface area (Å²) in [5, 5.41) is 9.97. The largest absolute Gasteiger partial charge is 0.389 e. The van der Waals surface area contributed by atoms with E-state index < -0.39 is 21.2 Å². The van der Waals surface area contributed by atoms with Gasteiger partial charge in [0.1, 0.15) is 4.21 Å². The van der Waals surface area contributed by atoms with E-state index in [0.717, 1.165) is 16.9 Å². The number of aliphatic hydroxyl groups is 1. The molecule has 0 bridgehead atoms. The monoisotopic (exact) mass is 311 g/mol. The third-order valence-corrected chi connectivity index (χ3v) is 6.70. The standard InChI is InChI=1S/C11H18ClNO3S2/c1-7-6-8(17-9(7)12)18(15,16)13-10(2,3)11(4,5)14/h6,13-14H,1-5H3. The second-order valence-electron chi connectivity index (χ2n) is 5.31. The molecule has 0 aliphatic rings. The first-order chi connectivity index (χ1) is 7.87. The number of halogens is 1. The molecule has 0 aliphatic carbocycles. The molecule has 2 N–H and O–H groups in total. The highest BCUT2D eigenvalue weighted by molar-refractivity contribution is 7.91. The molecule has 0 unspecified atom stereocenters.